The van der Waals surface area contributed by atoms with Crippen molar-refractivity contribution in [3.8, 4) is 0 Å². The van der Waals surface area contributed by atoms with Gasteiger partial charge < -0.3 is 11.1 Å². The maximum atomic E-state index is 11.7. The monoisotopic (exact) mass is 356 g/mol. The van der Waals surface area contributed by atoms with E-state index in [-0.39, 0.29) is 5.91 Å². The summed E-state index contributed by atoms with van der Waals surface area (Å²) in [7, 11) is 0. The van der Waals surface area contributed by atoms with E-state index in [1.165, 1.54) is 28.7 Å². The number of primary amides is 1. The van der Waals surface area contributed by atoms with Gasteiger partial charge in [-0.1, -0.05) is 0 Å². The van der Waals surface area contributed by atoms with Gasteiger partial charge in [-0.15, -0.1) is 22.7 Å². The molecule has 2 aromatic rings. The van der Waals surface area contributed by atoms with Crippen LogP contribution in [-0.4, -0.2) is 11.8 Å². The van der Waals surface area contributed by atoms with Gasteiger partial charge in [-0.2, -0.15) is 0 Å². The molecule has 0 aliphatic carbocycles. The lowest BCUT2D eigenvalue weighted by molar-refractivity contribution is -0.111. The Morgan fingerprint density at radius 2 is 2.11 bits per heavy atom. The van der Waals surface area contributed by atoms with Crippen molar-refractivity contribution in [3.63, 3.8) is 0 Å². The van der Waals surface area contributed by atoms with Crippen molar-refractivity contribution in [1.29, 1.82) is 0 Å². The largest absolute Gasteiger partial charge is 0.366 e. The number of carbonyl (C=O) groups excluding carboxylic acids is 2. The van der Waals surface area contributed by atoms with E-state index in [9.17, 15) is 9.59 Å². The third kappa shape index (κ3) is 3.76. The predicted molar refractivity (Wildman–Crippen MR) is 82.5 cm³/mol. The number of rotatable bonds is 4. The van der Waals surface area contributed by atoms with Crippen molar-refractivity contribution in [2.24, 2.45) is 5.73 Å². The number of halogens is 1. The van der Waals surface area contributed by atoms with Crippen LogP contribution in [0.25, 0.3) is 6.08 Å². The number of amides is 2. The SMILES string of the molecule is NC(=O)c1ccsc1NC(=O)C=Cc1ccc(Br)s1. The van der Waals surface area contributed by atoms with Gasteiger partial charge in [0.1, 0.15) is 5.00 Å². The van der Waals surface area contributed by atoms with Crippen LogP contribution in [0.15, 0.2) is 33.4 Å². The molecule has 2 rings (SSSR count). The van der Waals surface area contributed by atoms with Gasteiger partial charge >= 0.3 is 0 Å². The molecular weight excluding hydrogens is 348 g/mol. The Bertz CT molecular complexity index is 646. The van der Waals surface area contributed by atoms with Gasteiger partial charge in [0.2, 0.25) is 5.91 Å². The van der Waals surface area contributed by atoms with E-state index in [1.807, 2.05) is 12.1 Å². The van der Waals surface area contributed by atoms with Crippen LogP contribution in [0.5, 0.6) is 0 Å². The Hall–Kier alpha value is -1.44. The summed E-state index contributed by atoms with van der Waals surface area (Å²) >= 11 is 6.13. The summed E-state index contributed by atoms with van der Waals surface area (Å²) < 4.78 is 1.00. The quantitative estimate of drug-likeness (QED) is 0.824. The summed E-state index contributed by atoms with van der Waals surface area (Å²) in [5, 5.41) is 4.81. The summed E-state index contributed by atoms with van der Waals surface area (Å²) in [6.45, 7) is 0. The average molecular weight is 357 g/mol. The molecule has 0 fully saturated rings. The summed E-state index contributed by atoms with van der Waals surface area (Å²) in [6.07, 6.45) is 3.13. The summed E-state index contributed by atoms with van der Waals surface area (Å²) in [6, 6.07) is 5.40. The Labute approximate surface area is 126 Å². The normalized spacial score (nSPS) is 10.8. The molecule has 2 heterocycles. The van der Waals surface area contributed by atoms with Crippen LogP contribution in [0.2, 0.25) is 0 Å². The second-order valence-corrected chi connectivity index (χ2v) is 6.90. The molecule has 19 heavy (non-hydrogen) atoms. The van der Waals surface area contributed by atoms with E-state index < -0.39 is 5.91 Å². The standard InChI is InChI=1S/C12H9BrN2O2S2/c13-9-3-1-7(19-9)2-4-10(16)15-12-8(11(14)17)5-6-18-12/h1-6H,(H2,14,17)(H,15,16). The van der Waals surface area contributed by atoms with E-state index in [2.05, 4.69) is 21.2 Å². The Balaban J connectivity index is 2.03. The molecule has 7 heteroatoms. The highest BCUT2D eigenvalue weighted by atomic mass is 79.9. The van der Waals surface area contributed by atoms with E-state index in [0.717, 1.165) is 8.66 Å². The van der Waals surface area contributed by atoms with Crippen molar-refractivity contribution < 1.29 is 9.59 Å². The zero-order valence-electron chi connectivity index (χ0n) is 9.55. The van der Waals surface area contributed by atoms with Crippen molar-refractivity contribution in [2.75, 3.05) is 5.32 Å². The second-order valence-electron chi connectivity index (χ2n) is 3.49. The molecule has 0 unspecified atom stereocenters. The average Bonchev–Trinajstić information content (AvgIpc) is 2.95. The first-order valence-corrected chi connectivity index (χ1v) is 7.67. The van der Waals surface area contributed by atoms with E-state index in [0.29, 0.717) is 10.6 Å². The third-order valence-electron chi connectivity index (χ3n) is 2.16. The third-order valence-corrected chi connectivity index (χ3v) is 4.58. The molecule has 2 aromatic heterocycles. The van der Waals surface area contributed by atoms with Gasteiger partial charge in [-0.3, -0.25) is 9.59 Å². The van der Waals surface area contributed by atoms with Crippen LogP contribution in [0, 0.1) is 0 Å². The molecular formula is C12H9BrN2O2S2. The minimum atomic E-state index is -0.553. The first-order chi connectivity index (χ1) is 9.06. The smallest absolute Gasteiger partial charge is 0.251 e. The van der Waals surface area contributed by atoms with Crippen molar-refractivity contribution in [1.82, 2.24) is 0 Å². The maximum absolute atomic E-state index is 11.7. The molecule has 98 valence electrons. The number of nitrogens with two attached hydrogens (primary N) is 1. The molecule has 0 bridgehead atoms. The molecule has 0 radical (unpaired) electrons. The minimum absolute atomic E-state index is 0.297. The number of nitrogens with one attached hydrogen (secondary N) is 1. The Kier molecular flexibility index (Phi) is 4.52. The molecule has 2 amide bonds. The fraction of sp³-hybridized carbons (Fsp3) is 0. The topological polar surface area (TPSA) is 72.2 Å². The molecule has 0 aliphatic heterocycles. The first kappa shape index (κ1) is 14.0. The molecule has 0 aliphatic rings. The Morgan fingerprint density at radius 3 is 2.74 bits per heavy atom. The zero-order chi connectivity index (χ0) is 13.8. The van der Waals surface area contributed by atoms with Gasteiger partial charge in [-0.25, -0.2) is 0 Å². The van der Waals surface area contributed by atoms with E-state index >= 15 is 0 Å². The van der Waals surface area contributed by atoms with Crippen molar-refractivity contribution >= 4 is 61.5 Å². The highest BCUT2D eigenvalue weighted by molar-refractivity contribution is 9.11. The van der Waals surface area contributed by atoms with Crippen LogP contribution >= 0.6 is 38.6 Å². The zero-order valence-corrected chi connectivity index (χ0v) is 12.8. The minimum Gasteiger partial charge on any atom is -0.366 e. The number of hydrogen-bond donors (Lipinski definition) is 2. The molecule has 0 saturated heterocycles. The number of thiophene rings is 2. The van der Waals surface area contributed by atoms with E-state index in [4.69, 9.17) is 5.73 Å². The van der Waals surface area contributed by atoms with E-state index in [1.54, 1.807) is 17.5 Å². The fourth-order valence-corrected chi connectivity index (χ4v) is 3.45. The molecule has 0 saturated carbocycles. The molecule has 3 N–H and O–H groups in total. The van der Waals surface area contributed by atoms with Crippen LogP contribution in [0.3, 0.4) is 0 Å². The number of anilines is 1. The van der Waals surface area contributed by atoms with Gasteiger partial charge in [0.15, 0.2) is 0 Å². The number of carbonyl (C=O) groups is 2. The summed E-state index contributed by atoms with van der Waals surface area (Å²) in [5.74, 6) is -0.850. The highest BCUT2D eigenvalue weighted by Crippen LogP contribution is 2.24. The van der Waals surface area contributed by atoms with Crippen LogP contribution in [-0.2, 0) is 4.79 Å². The molecule has 0 atom stereocenters. The lowest BCUT2D eigenvalue weighted by atomic mass is 10.3. The van der Waals surface area contributed by atoms with Crippen LogP contribution in [0.4, 0.5) is 5.00 Å². The predicted octanol–water partition coefficient (Wildman–Crippen LogP) is 3.32. The van der Waals surface area contributed by atoms with Crippen LogP contribution in [0.1, 0.15) is 15.2 Å². The number of hydrogen-bond acceptors (Lipinski definition) is 4. The van der Waals surface area contributed by atoms with Crippen molar-refractivity contribution in [3.05, 3.63) is 43.9 Å². The molecule has 0 spiro atoms. The molecule has 0 aromatic carbocycles. The molecule has 4 nitrogen and oxygen atoms in total. The van der Waals surface area contributed by atoms with Gasteiger partial charge in [0, 0.05) is 11.0 Å². The van der Waals surface area contributed by atoms with Crippen molar-refractivity contribution in [2.45, 2.75) is 0 Å². The van der Waals surface area contributed by atoms with Gasteiger partial charge in [0.25, 0.3) is 5.91 Å². The van der Waals surface area contributed by atoms with Gasteiger partial charge in [-0.05, 0) is 45.6 Å². The lowest BCUT2D eigenvalue weighted by Gasteiger charge is -2.00. The summed E-state index contributed by atoms with van der Waals surface area (Å²) in [4.78, 5) is 23.8. The highest BCUT2D eigenvalue weighted by Gasteiger charge is 2.10. The lowest BCUT2D eigenvalue weighted by Crippen LogP contribution is -2.14. The van der Waals surface area contributed by atoms with Gasteiger partial charge in [0.05, 0.1) is 9.35 Å². The fourth-order valence-electron chi connectivity index (χ4n) is 1.33. The maximum Gasteiger partial charge on any atom is 0.251 e. The second kappa shape index (κ2) is 6.14. The first-order valence-electron chi connectivity index (χ1n) is 5.18. The Morgan fingerprint density at radius 1 is 1.32 bits per heavy atom. The summed E-state index contributed by atoms with van der Waals surface area (Å²) in [5.41, 5.74) is 5.52. The van der Waals surface area contributed by atoms with Crippen LogP contribution < -0.4 is 11.1 Å².